The Bertz CT molecular complexity index is 691. The predicted molar refractivity (Wildman–Crippen MR) is 82.0 cm³/mol. The van der Waals surface area contributed by atoms with E-state index in [4.69, 9.17) is 10.2 Å². The maximum Gasteiger partial charge on any atom is 0.133 e. The van der Waals surface area contributed by atoms with Crippen molar-refractivity contribution in [3.05, 3.63) is 34.9 Å². The van der Waals surface area contributed by atoms with Gasteiger partial charge in [0.05, 0.1) is 18.0 Å². The van der Waals surface area contributed by atoms with Crippen LogP contribution in [0.25, 0.3) is 10.9 Å². The Balaban J connectivity index is 2.18. The van der Waals surface area contributed by atoms with Crippen molar-refractivity contribution in [2.24, 2.45) is 0 Å². The minimum Gasteiger partial charge on any atom is -0.356 e. The Hall–Kier alpha value is -2.08. The molecule has 1 saturated heterocycles. The zero-order valence-corrected chi connectivity index (χ0v) is 12.1. The third kappa shape index (κ3) is 2.22. The van der Waals surface area contributed by atoms with Gasteiger partial charge in [0.1, 0.15) is 5.82 Å². The van der Waals surface area contributed by atoms with E-state index in [2.05, 4.69) is 43.0 Å². The van der Waals surface area contributed by atoms with E-state index in [9.17, 15) is 0 Å². The Morgan fingerprint density at radius 2 is 1.85 bits per heavy atom. The molecular formula is C17H19N3. The molecule has 2 heterocycles. The van der Waals surface area contributed by atoms with Gasteiger partial charge in [0, 0.05) is 24.0 Å². The molecule has 1 fully saturated rings. The quantitative estimate of drug-likeness (QED) is 0.834. The molecule has 0 saturated carbocycles. The van der Waals surface area contributed by atoms with Gasteiger partial charge in [-0.05, 0) is 56.0 Å². The number of nitrogens with zero attached hydrogens (tertiary/aromatic N) is 3. The van der Waals surface area contributed by atoms with E-state index in [-0.39, 0.29) is 0 Å². The van der Waals surface area contributed by atoms with Crippen molar-refractivity contribution >= 4 is 16.7 Å². The normalized spacial score (nSPS) is 14.8. The number of aromatic nitrogens is 1. The number of rotatable bonds is 2. The zero-order valence-electron chi connectivity index (χ0n) is 12.1. The summed E-state index contributed by atoms with van der Waals surface area (Å²) in [7, 11) is 0. The van der Waals surface area contributed by atoms with Crippen LogP contribution < -0.4 is 4.90 Å². The van der Waals surface area contributed by atoms with Gasteiger partial charge >= 0.3 is 0 Å². The highest BCUT2D eigenvalue weighted by Crippen LogP contribution is 2.28. The molecule has 0 amide bonds. The molecule has 0 bridgehead atoms. The van der Waals surface area contributed by atoms with Crippen LogP contribution in [0, 0.1) is 25.2 Å². The molecule has 0 aliphatic carbocycles. The first-order valence-electron chi connectivity index (χ1n) is 7.22. The summed E-state index contributed by atoms with van der Waals surface area (Å²) in [4.78, 5) is 7.17. The molecule has 2 aromatic rings. The van der Waals surface area contributed by atoms with Crippen molar-refractivity contribution in [3.63, 3.8) is 0 Å². The summed E-state index contributed by atoms with van der Waals surface area (Å²) in [6.45, 7) is 6.35. The fourth-order valence-corrected chi connectivity index (χ4v) is 2.89. The lowest BCUT2D eigenvalue weighted by Gasteiger charge is -2.20. The van der Waals surface area contributed by atoms with Crippen LogP contribution in [0.1, 0.15) is 29.5 Å². The smallest absolute Gasteiger partial charge is 0.133 e. The minimum absolute atomic E-state index is 0.432. The summed E-state index contributed by atoms with van der Waals surface area (Å²) in [6, 6.07) is 8.74. The van der Waals surface area contributed by atoms with Gasteiger partial charge in [-0.3, -0.25) is 0 Å². The van der Waals surface area contributed by atoms with Crippen LogP contribution in [0.4, 0.5) is 5.82 Å². The van der Waals surface area contributed by atoms with Gasteiger partial charge in [0.25, 0.3) is 0 Å². The number of hydrogen-bond acceptors (Lipinski definition) is 3. The van der Waals surface area contributed by atoms with Gasteiger partial charge in [0.2, 0.25) is 0 Å². The van der Waals surface area contributed by atoms with Crippen LogP contribution in [0.15, 0.2) is 18.2 Å². The van der Waals surface area contributed by atoms with Crippen LogP contribution in [-0.4, -0.2) is 18.1 Å². The standard InChI is InChI=1S/C17H19N3/c1-12-9-15-11-14(5-6-18)17(20-7-3-4-8-20)19-16(15)10-13(12)2/h9-11H,3-5,7-8H2,1-2H3. The second-order valence-electron chi connectivity index (χ2n) is 5.63. The van der Waals surface area contributed by atoms with Crippen LogP contribution >= 0.6 is 0 Å². The molecule has 1 aliphatic heterocycles. The SMILES string of the molecule is Cc1cc2cc(CC#N)c(N3CCCC3)nc2cc1C. The Labute approximate surface area is 119 Å². The highest BCUT2D eigenvalue weighted by Gasteiger charge is 2.18. The Morgan fingerprint density at radius 3 is 2.55 bits per heavy atom. The molecule has 3 heteroatoms. The van der Waals surface area contributed by atoms with Gasteiger partial charge in [0.15, 0.2) is 0 Å². The van der Waals surface area contributed by atoms with E-state index in [1.807, 2.05) is 0 Å². The number of fused-ring (bicyclic) bond motifs is 1. The third-order valence-corrected chi connectivity index (χ3v) is 4.16. The molecule has 1 aromatic heterocycles. The van der Waals surface area contributed by atoms with Crippen molar-refractivity contribution in [1.82, 2.24) is 4.98 Å². The molecule has 1 aromatic carbocycles. The number of benzene rings is 1. The topological polar surface area (TPSA) is 39.9 Å². The van der Waals surface area contributed by atoms with E-state index < -0.39 is 0 Å². The molecule has 0 radical (unpaired) electrons. The summed E-state index contributed by atoms with van der Waals surface area (Å²) < 4.78 is 0. The van der Waals surface area contributed by atoms with Crippen molar-refractivity contribution < 1.29 is 0 Å². The van der Waals surface area contributed by atoms with E-state index in [0.29, 0.717) is 6.42 Å². The van der Waals surface area contributed by atoms with E-state index in [0.717, 1.165) is 35.4 Å². The molecular weight excluding hydrogens is 246 g/mol. The largest absolute Gasteiger partial charge is 0.356 e. The number of aryl methyl sites for hydroxylation is 2. The molecule has 102 valence electrons. The first-order valence-corrected chi connectivity index (χ1v) is 7.22. The van der Waals surface area contributed by atoms with Crippen LogP contribution in [0.3, 0.4) is 0 Å². The first-order chi connectivity index (χ1) is 9.69. The highest BCUT2D eigenvalue weighted by molar-refractivity contribution is 5.83. The molecule has 20 heavy (non-hydrogen) atoms. The number of nitriles is 1. The molecule has 0 spiro atoms. The number of pyridine rings is 1. The van der Waals surface area contributed by atoms with Crippen molar-refractivity contribution in [1.29, 1.82) is 5.26 Å². The van der Waals surface area contributed by atoms with Crippen molar-refractivity contribution in [2.75, 3.05) is 18.0 Å². The fraction of sp³-hybridized carbons (Fsp3) is 0.412. The van der Waals surface area contributed by atoms with Gasteiger partial charge < -0.3 is 4.90 Å². The van der Waals surface area contributed by atoms with Crippen molar-refractivity contribution in [2.45, 2.75) is 33.1 Å². The third-order valence-electron chi connectivity index (χ3n) is 4.16. The summed E-state index contributed by atoms with van der Waals surface area (Å²) in [5.41, 5.74) is 4.64. The summed E-state index contributed by atoms with van der Waals surface area (Å²) in [6.07, 6.45) is 2.87. The van der Waals surface area contributed by atoms with Gasteiger partial charge in [-0.2, -0.15) is 5.26 Å². The van der Waals surface area contributed by atoms with Crippen LogP contribution in [0.5, 0.6) is 0 Å². The zero-order chi connectivity index (χ0) is 14.1. The van der Waals surface area contributed by atoms with Crippen molar-refractivity contribution in [3.8, 4) is 6.07 Å². The monoisotopic (exact) mass is 265 g/mol. The second-order valence-corrected chi connectivity index (χ2v) is 5.63. The summed E-state index contributed by atoms with van der Waals surface area (Å²) in [5.74, 6) is 1.01. The molecule has 0 unspecified atom stereocenters. The number of anilines is 1. The van der Waals surface area contributed by atoms with E-state index in [1.165, 1.54) is 24.0 Å². The summed E-state index contributed by atoms with van der Waals surface area (Å²) in [5, 5.41) is 10.2. The predicted octanol–water partition coefficient (Wildman–Crippen LogP) is 3.52. The molecule has 1 aliphatic rings. The average Bonchev–Trinajstić information content (AvgIpc) is 2.94. The average molecular weight is 265 g/mol. The molecule has 0 N–H and O–H groups in total. The minimum atomic E-state index is 0.432. The highest BCUT2D eigenvalue weighted by atomic mass is 15.2. The lowest BCUT2D eigenvalue weighted by molar-refractivity contribution is 0.929. The lowest BCUT2D eigenvalue weighted by atomic mass is 10.0. The Kier molecular flexibility index (Phi) is 3.31. The number of hydrogen-bond donors (Lipinski definition) is 0. The molecule has 3 rings (SSSR count). The van der Waals surface area contributed by atoms with Crippen LogP contribution in [-0.2, 0) is 6.42 Å². The lowest BCUT2D eigenvalue weighted by Crippen LogP contribution is -2.20. The molecule has 0 atom stereocenters. The summed E-state index contributed by atoms with van der Waals surface area (Å²) >= 11 is 0. The first kappa shape index (κ1) is 12.9. The van der Waals surface area contributed by atoms with Crippen LogP contribution in [0.2, 0.25) is 0 Å². The van der Waals surface area contributed by atoms with Gasteiger partial charge in [-0.25, -0.2) is 4.98 Å². The fourth-order valence-electron chi connectivity index (χ4n) is 2.89. The van der Waals surface area contributed by atoms with E-state index in [1.54, 1.807) is 0 Å². The van der Waals surface area contributed by atoms with E-state index >= 15 is 0 Å². The van der Waals surface area contributed by atoms with Gasteiger partial charge in [-0.1, -0.05) is 0 Å². The molecule has 3 nitrogen and oxygen atoms in total. The maximum atomic E-state index is 9.06. The van der Waals surface area contributed by atoms with Gasteiger partial charge in [-0.15, -0.1) is 0 Å². The maximum absolute atomic E-state index is 9.06. The second kappa shape index (κ2) is 5.13. The Morgan fingerprint density at radius 1 is 1.15 bits per heavy atom.